The number of thioether (sulfide) groups is 1. The molecule has 2 unspecified atom stereocenters. The number of carbonyl (C=O) groups excluding carboxylic acids is 2. The van der Waals surface area contributed by atoms with E-state index in [0.717, 1.165) is 16.5 Å². The van der Waals surface area contributed by atoms with Crippen LogP contribution in [0.1, 0.15) is 68.2 Å². The Kier molecular flexibility index (Phi) is 9.42. The van der Waals surface area contributed by atoms with Crippen LogP contribution >= 0.6 is 30.2 Å². The number of esters is 2. The summed E-state index contributed by atoms with van der Waals surface area (Å²) in [6, 6.07) is 8.54. The van der Waals surface area contributed by atoms with E-state index in [9.17, 15) is 29.7 Å². The molecule has 11 nitrogen and oxygen atoms in total. The summed E-state index contributed by atoms with van der Waals surface area (Å²) < 4.78 is 14.1. The molecule has 6 rings (SSSR count). The lowest BCUT2D eigenvalue weighted by Gasteiger charge is -2.31. The summed E-state index contributed by atoms with van der Waals surface area (Å²) in [5.74, 6) is -0.677. The fraction of sp³-hybridized carbons (Fsp3) is 0.394. The van der Waals surface area contributed by atoms with E-state index in [1.807, 2.05) is 6.92 Å². The first kappa shape index (κ1) is 33.5. The summed E-state index contributed by atoms with van der Waals surface area (Å²) in [5.41, 5.74) is 2.05. The largest absolute Gasteiger partial charge is 0.494 e. The topological polar surface area (TPSA) is 153 Å². The maximum atomic E-state index is 13.6. The number of benzene rings is 1. The lowest BCUT2D eigenvalue weighted by Crippen LogP contribution is -2.44. The molecule has 5 heterocycles. The van der Waals surface area contributed by atoms with Crippen LogP contribution in [-0.2, 0) is 46.0 Å². The maximum absolute atomic E-state index is 13.6. The van der Waals surface area contributed by atoms with E-state index in [-0.39, 0.29) is 58.6 Å². The number of aromatic hydroxyl groups is 2. The van der Waals surface area contributed by atoms with Crippen molar-refractivity contribution in [3.8, 4) is 28.9 Å². The molecule has 2 aliphatic heterocycles. The van der Waals surface area contributed by atoms with Gasteiger partial charge in [-0.25, -0.2) is 9.78 Å². The van der Waals surface area contributed by atoms with Gasteiger partial charge in [-0.3, -0.25) is 14.2 Å². The third-order valence-electron chi connectivity index (χ3n) is 8.90. The van der Waals surface area contributed by atoms with E-state index in [4.69, 9.17) is 14.5 Å². The van der Waals surface area contributed by atoms with Crippen molar-refractivity contribution in [3.63, 3.8) is 0 Å². The van der Waals surface area contributed by atoms with Crippen molar-refractivity contribution in [3.05, 3.63) is 62.9 Å². The summed E-state index contributed by atoms with van der Waals surface area (Å²) in [4.78, 5) is 44.3. The van der Waals surface area contributed by atoms with Gasteiger partial charge in [-0.2, -0.15) is 0 Å². The summed E-state index contributed by atoms with van der Waals surface area (Å²) in [5, 5.41) is 32.6. The number of carbonyl (C=O) groups is 2. The standard InChI is InChI=1S/C33H37N3O8P2S/c1-3-18-19-12-17(44-27(38)8-6-5-7-11-35-26(37)14-25(30(35)40)47-32(45)46)9-10-23(19)34-28-20(18)15-36-24(28)13-22-21(29(36)39)16-43-31(41)33(22,42)4-2/h9-10,12-14,32,37,40,42H,3-8,11,15-16,45-46H2,1-2H3/t33-/m0/s1. The first-order valence-corrected chi connectivity index (χ1v) is 17.8. The Bertz CT molecular complexity index is 1970. The Balaban J connectivity index is 1.15. The van der Waals surface area contributed by atoms with Gasteiger partial charge in [0.05, 0.1) is 33.9 Å². The number of pyridine rings is 2. The summed E-state index contributed by atoms with van der Waals surface area (Å²) in [6.07, 6.45) is 2.89. The molecule has 0 radical (unpaired) electrons. The van der Waals surface area contributed by atoms with E-state index in [1.165, 1.54) is 16.3 Å². The average Bonchev–Trinajstić information content (AvgIpc) is 3.53. The molecule has 0 aliphatic carbocycles. The normalized spacial score (nSPS) is 16.7. The van der Waals surface area contributed by atoms with Gasteiger partial charge in [0.15, 0.2) is 11.5 Å². The van der Waals surface area contributed by atoms with Gasteiger partial charge in [0.1, 0.15) is 12.4 Å². The van der Waals surface area contributed by atoms with Crippen LogP contribution in [-0.4, -0.2) is 46.1 Å². The molecule has 248 valence electrons. The van der Waals surface area contributed by atoms with Crippen molar-refractivity contribution < 1.29 is 34.4 Å². The van der Waals surface area contributed by atoms with Crippen molar-refractivity contribution in [1.29, 1.82) is 0 Å². The second-order valence-electron chi connectivity index (χ2n) is 11.8. The van der Waals surface area contributed by atoms with Crippen molar-refractivity contribution >= 4 is 53.1 Å². The minimum Gasteiger partial charge on any atom is -0.494 e. The number of aryl methyl sites for hydroxylation is 1. The number of hydrogen-bond donors (Lipinski definition) is 3. The van der Waals surface area contributed by atoms with Gasteiger partial charge < -0.3 is 29.4 Å². The number of ether oxygens (including phenoxy) is 2. The Morgan fingerprint density at radius 1 is 1.13 bits per heavy atom. The third kappa shape index (κ3) is 6.06. The minimum atomic E-state index is -1.89. The Labute approximate surface area is 280 Å². The lowest BCUT2D eigenvalue weighted by atomic mass is 9.86. The number of aromatic nitrogens is 3. The molecule has 3 N–H and O–H groups in total. The Hall–Kier alpha value is -3.43. The monoisotopic (exact) mass is 697 g/mol. The van der Waals surface area contributed by atoms with Gasteiger partial charge in [0, 0.05) is 40.3 Å². The highest BCUT2D eigenvalue weighted by Gasteiger charge is 2.45. The number of rotatable bonds is 11. The molecule has 14 heteroatoms. The van der Waals surface area contributed by atoms with Crippen LogP contribution < -0.4 is 10.3 Å². The third-order valence-corrected chi connectivity index (χ3v) is 10.5. The quantitative estimate of drug-likeness (QED) is 0.0556. The zero-order valence-corrected chi connectivity index (χ0v) is 29.2. The molecule has 3 aromatic heterocycles. The van der Waals surface area contributed by atoms with Crippen molar-refractivity contribution in [1.82, 2.24) is 14.1 Å². The molecule has 47 heavy (non-hydrogen) atoms. The molecule has 0 amide bonds. The number of unbranched alkanes of at least 4 members (excludes halogenated alkanes) is 2. The number of aliphatic hydroxyl groups is 1. The molecular weight excluding hydrogens is 660 g/mol. The van der Waals surface area contributed by atoms with Gasteiger partial charge >= 0.3 is 11.9 Å². The number of cyclic esters (lactones) is 1. The zero-order chi connectivity index (χ0) is 33.6. The van der Waals surface area contributed by atoms with Crippen LogP contribution in [0.4, 0.5) is 0 Å². The number of nitrogens with zero attached hydrogens (tertiary/aromatic N) is 3. The van der Waals surface area contributed by atoms with Crippen LogP contribution in [0.3, 0.4) is 0 Å². The van der Waals surface area contributed by atoms with Gasteiger partial charge in [-0.15, -0.1) is 30.2 Å². The SMILES string of the molecule is CCc1c2c(nc3ccc(OC(=O)CCCCCn4c(O)cc(SC(P)P)c4O)cc13)-c1cc3c(c(=O)n1C2)COC(=O)[C@]3(O)CC. The number of hydrogen-bond acceptors (Lipinski definition) is 10. The summed E-state index contributed by atoms with van der Waals surface area (Å²) in [6.45, 7) is 4.22. The molecule has 4 aromatic rings. The number of fused-ring (bicyclic) bond motifs is 5. The predicted octanol–water partition coefficient (Wildman–Crippen LogP) is 5.15. The van der Waals surface area contributed by atoms with Gasteiger partial charge in [0.2, 0.25) is 5.88 Å². The Morgan fingerprint density at radius 2 is 1.91 bits per heavy atom. The smallest absolute Gasteiger partial charge is 0.343 e. The first-order chi connectivity index (χ1) is 22.5. The molecule has 0 fully saturated rings. The van der Waals surface area contributed by atoms with Gasteiger partial charge in [-0.1, -0.05) is 20.3 Å². The molecule has 3 atom stereocenters. The Morgan fingerprint density at radius 3 is 2.64 bits per heavy atom. The average molecular weight is 698 g/mol. The molecular formula is C33H37N3O8P2S. The van der Waals surface area contributed by atoms with E-state index in [0.29, 0.717) is 66.3 Å². The molecule has 1 aromatic carbocycles. The van der Waals surface area contributed by atoms with Crippen LogP contribution in [0.25, 0.3) is 22.3 Å². The zero-order valence-electron chi connectivity index (χ0n) is 26.1. The summed E-state index contributed by atoms with van der Waals surface area (Å²) in [7, 11) is 5.22. The molecule has 0 spiro atoms. The second-order valence-corrected chi connectivity index (χ2v) is 16.2. The van der Waals surface area contributed by atoms with Gasteiger partial charge in [0.25, 0.3) is 5.56 Å². The first-order valence-electron chi connectivity index (χ1n) is 15.6. The van der Waals surface area contributed by atoms with E-state index in [2.05, 4.69) is 18.5 Å². The van der Waals surface area contributed by atoms with Gasteiger partial charge in [-0.05, 0) is 55.5 Å². The van der Waals surface area contributed by atoms with Crippen molar-refractivity contribution in [2.75, 3.05) is 0 Å². The highest BCUT2D eigenvalue weighted by Crippen LogP contribution is 2.42. The fourth-order valence-electron chi connectivity index (χ4n) is 6.46. The lowest BCUT2D eigenvalue weighted by molar-refractivity contribution is -0.172. The van der Waals surface area contributed by atoms with E-state index in [1.54, 1.807) is 41.8 Å². The highest BCUT2D eigenvalue weighted by molar-refractivity contribution is 8.07. The molecule has 0 saturated carbocycles. The fourth-order valence-corrected chi connectivity index (χ4v) is 8.02. The van der Waals surface area contributed by atoms with Crippen LogP contribution in [0.5, 0.6) is 17.5 Å². The van der Waals surface area contributed by atoms with Crippen molar-refractivity contribution in [2.45, 2.75) is 87.3 Å². The molecule has 2 aliphatic rings. The van der Waals surface area contributed by atoms with Crippen LogP contribution in [0.2, 0.25) is 0 Å². The molecule has 0 saturated heterocycles. The van der Waals surface area contributed by atoms with E-state index < -0.39 is 11.6 Å². The molecule has 0 bridgehead atoms. The van der Waals surface area contributed by atoms with Crippen molar-refractivity contribution in [2.24, 2.45) is 0 Å². The summed E-state index contributed by atoms with van der Waals surface area (Å²) >= 11 is 1.41. The van der Waals surface area contributed by atoms with Crippen LogP contribution in [0.15, 0.2) is 40.0 Å². The maximum Gasteiger partial charge on any atom is 0.343 e. The minimum absolute atomic E-state index is 0.00720. The predicted molar refractivity (Wildman–Crippen MR) is 185 cm³/mol. The second kappa shape index (κ2) is 13.2. The van der Waals surface area contributed by atoms with E-state index >= 15 is 0 Å². The highest BCUT2D eigenvalue weighted by atomic mass is 32.2. The van der Waals surface area contributed by atoms with Crippen LogP contribution in [0, 0.1) is 0 Å².